The van der Waals surface area contributed by atoms with Crippen molar-refractivity contribution < 1.29 is 15.1 Å². The van der Waals surface area contributed by atoms with Gasteiger partial charge in [-0.05, 0) is 10.8 Å². The molecule has 1 rings (SSSR count). The number of hydrogen-bond donors (Lipinski definition) is 3. The van der Waals surface area contributed by atoms with Gasteiger partial charge in [0.25, 0.3) is 0 Å². The summed E-state index contributed by atoms with van der Waals surface area (Å²) in [4.78, 5) is 13.6. The Hall–Kier alpha value is -1.51. The van der Waals surface area contributed by atoms with Gasteiger partial charge in [0.1, 0.15) is 18.6 Å². The van der Waals surface area contributed by atoms with Crippen molar-refractivity contribution >= 4 is 5.95 Å². The summed E-state index contributed by atoms with van der Waals surface area (Å²) < 4.78 is 1.26. The number of hydrogen-bond acceptors (Lipinski definition) is 6. The van der Waals surface area contributed by atoms with Crippen molar-refractivity contribution in [3.8, 4) is 0 Å². The average molecular weight is 258 g/mol. The van der Waals surface area contributed by atoms with Crippen LogP contribution in [0.4, 0.5) is 5.95 Å². The summed E-state index contributed by atoms with van der Waals surface area (Å²) in [5, 5.41) is 32.6. The molecule has 8 heteroatoms. The highest BCUT2D eigenvalue weighted by molar-refractivity contribution is 5.06. The van der Waals surface area contributed by atoms with E-state index in [-0.39, 0.29) is 25.0 Å². The van der Waals surface area contributed by atoms with Crippen molar-refractivity contribution in [1.82, 2.24) is 14.9 Å². The molecule has 3 N–H and O–H groups in total. The van der Waals surface area contributed by atoms with Crippen molar-refractivity contribution in [3.05, 3.63) is 22.5 Å². The van der Waals surface area contributed by atoms with Gasteiger partial charge >= 0.3 is 5.95 Å². The van der Waals surface area contributed by atoms with Crippen LogP contribution in [0, 0.1) is 16.0 Å². The predicted molar refractivity (Wildman–Crippen MR) is 63.7 cm³/mol. The van der Waals surface area contributed by atoms with Crippen LogP contribution in [0.3, 0.4) is 0 Å². The third-order valence-electron chi connectivity index (χ3n) is 2.46. The van der Waals surface area contributed by atoms with Gasteiger partial charge in [0.2, 0.25) is 0 Å². The molecule has 18 heavy (non-hydrogen) atoms. The van der Waals surface area contributed by atoms with Crippen LogP contribution in [0.2, 0.25) is 0 Å². The Bertz CT molecular complexity index is 393. The van der Waals surface area contributed by atoms with Crippen molar-refractivity contribution in [3.63, 3.8) is 0 Å². The summed E-state index contributed by atoms with van der Waals surface area (Å²) in [6.07, 6.45) is 1.19. The monoisotopic (exact) mass is 258 g/mol. The van der Waals surface area contributed by atoms with Gasteiger partial charge in [-0.15, -0.1) is 0 Å². The minimum absolute atomic E-state index is 0.0276. The van der Waals surface area contributed by atoms with E-state index in [1.165, 1.54) is 17.0 Å². The predicted octanol–water partition coefficient (Wildman–Crippen LogP) is -0.284. The van der Waals surface area contributed by atoms with Gasteiger partial charge in [-0.1, -0.05) is 18.8 Å². The lowest BCUT2D eigenvalue weighted by atomic mass is 10.2. The molecule has 0 aliphatic heterocycles. The SMILES string of the molecule is CC(C)C(O)NCC(O)Cn1ccnc1[N+](=O)[O-]. The number of rotatable bonds is 7. The number of imidazole rings is 1. The van der Waals surface area contributed by atoms with Crippen LogP contribution in [-0.2, 0) is 6.54 Å². The van der Waals surface area contributed by atoms with E-state index < -0.39 is 17.3 Å². The van der Waals surface area contributed by atoms with Crippen LogP contribution in [0.1, 0.15) is 13.8 Å². The lowest BCUT2D eigenvalue weighted by molar-refractivity contribution is -0.397. The molecule has 8 nitrogen and oxygen atoms in total. The zero-order chi connectivity index (χ0) is 13.7. The Labute approximate surface area is 104 Å². The smallest absolute Gasteiger partial charge is 0.390 e. The molecule has 1 heterocycles. The van der Waals surface area contributed by atoms with Gasteiger partial charge in [-0.2, -0.15) is 0 Å². The third kappa shape index (κ3) is 4.06. The summed E-state index contributed by atoms with van der Waals surface area (Å²) in [6, 6.07) is 0. The van der Waals surface area contributed by atoms with Gasteiger partial charge in [-0.3, -0.25) is 5.32 Å². The maximum absolute atomic E-state index is 10.6. The number of aromatic nitrogens is 2. The molecule has 0 bridgehead atoms. The molecule has 102 valence electrons. The second-order valence-electron chi connectivity index (χ2n) is 4.39. The standard InChI is InChI=1S/C10H18N4O4/c1-7(2)9(16)12-5-8(15)6-13-4-3-11-10(13)14(17)18/h3-4,7-9,12,15-16H,5-6H2,1-2H3. The summed E-state index contributed by atoms with van der Waals surface area (Å²) in [6.45, 7) is 3.87. The summed E-state index contributed by atoms with van der Waals surface area (Å²) in [5.74, 6) is -0.279. The lowest BCUT2D eigenvalue weighted by Gasteiger charge is -2.18. The average Bonchev–Trinajstić information content (AvgIpc) is 2.73. The Kier molecular flexibility index (Phi) is 5.20. The highest BCUT2D eigenvalue weighted by atomic mass is 16.6. The minimum atomic E-state index is -0.841. The number of nitrogens with one attached hydrogen (secondary N) is 1. The van der Waals surface area contributed by atoms with Crippen molar-refractivity contribution in [2.45, 2.75) is 32.7 Å². The van der Waals surface area contributed by atoms with E-state index >= 15 is 0 Å². The van der Waals surface area contributed by atoms with E-state index in [2.05, 4.69) is 10.3 Å². The quantitative estimate of drug-likeness (QED) is 0.352. The molecule has 0 radical (unpaired) electrons. The fourth-order valence-electron chi connectivity index (χ4n) is 1.40. The summed E-state index contributed by atoms with van der Waals surface area (Å²) >= 11 is 0. The third-order valence-corrected chi connectivity index (χ3v) is 2.46. The second-order valence-corrected chi connectivity index (χ2v) is 4.39. The second kappa shape index (κ2) is 6.43. The molecule has 0 spiro atoms. The zero-order valence-electron chi connectivity index (χ0n) is 10.4. The summed E-state index contributed by atoms with van der Waals surface area (Å²) in [7, 11) is 0. The Morgan fingerprint density at radius 2 is 2.22 bits per heavy atom. The normalized spacial score (nSPS) is 14.7. The van der Waals surface area contributed by atoms with Gasteiger partial charge in [0.05, 0.1) is 12.6 Å². The van der Waals surface area contributed by atoms with Crippen LogP contribution in [0.5, 0.6) is 0 Å². The van der Waals surface area contributed by atoms with Gasteiger partial charge in [0, 0.05) is 6.54 Å². The number of aliphatic hydroxyl groups excluding tert-OH is 2. The Morgan fingerprint density at radius 3 is 2.78 bits per heavy atom. The first-order valence-corrected chi connectivity index (χ1v) is 5.67. The number of nitrogens with zero attached hydrogens (tertiary/aromatic N) is 3. The van der Waals surface area contributed by atoms with Crippen LogP contribution >= 0.6 is 0 Å². The molecule has 1 aromatic heterocycles. The molecule has 0 saturated heterocycles. The topological polar surface area (TPSA) is 113 Å². The Balaban J connectivity index is 2.47. The molecule has 0 aliphatic rings. The zero-order valence-corrected chi connectivity index (χ0v) is 10.4. The maximum Gasteiger partial charge on any atom is 0.434 e. The highest BCUT2D eigenvalue weighted by Gasteiger charge is 2.18. The summed E-state index contributed by atoms with van der Waals surface area (Å²) in [5.41, 5.74) is 0. The molecule has 0 fully saturated rings. The van der Waals surface area contributed by atoms with Crippen LogP contribution < -0.4 is 5.32 Å². The van der Waals surface area contributed by atoms with Crippen molar-refractivity contribution in [2.24, 2.45) is 5.92 Å². The minimum Gasteiger partial charge on any atom is -0.390 e. The van der Waals surface area contributed by atoms with Gasteiger partial charge < -0.3 is 20.3 Å². The van der Waals surface area contributed by atoms with E-state index in [0.717, 1.165) is 0 Å². The van der Waals surface area contributed by atoms with E-state index in [4.69, 9.17) is 0 Å². The van der Waals surface area contributed by atoms with E-state index in [1.807, 2.05) is 13.8 Å². The molecule has 0 aromatic carbocycles. The van der Waals surface area contributed by atoms with Crippen LogP contribution in [0.15, 0.2) is 12.4 Å². The molecule has 0 amide bonds. The van der Waals surface area contributed by atoms with Crippen LogP contribution in [-0.4, -0.2) is 43.6 Å². The van der Waals surface area contributed by atoms with E-state index in [1.54, 1.807) is 0 Å². The van der Waals surface area contributed by atoms with Crippen molar-refractivity contribution in [2.75, 3.05) is 6.54 Å². The number of nitro groups is 1. The lowest BCUT2D eigenvalue weighted by Crippen LogP contribution is -2.40. The molecule has 0 saturated carbocycles. The molecule has 2 unspecified atom stereocenters. The fraction of sp³-hybridized carbons (Fsp3) is 0.700. The highest BCUT2D eigenvalue weighted by Crippen LogP contribution is 2.08. The number of aliphatic hydroxyl groups is 2. The molecule has 1 aromatic rings. The van der Waals surface area contributed by atoms with E-state index in [9.17, 15) is 20.3 Å². The van der Waals surface area contributed by atoms with E-state index in [0.29, 0.717) is 0 Å². The first-order chi connectivity index (χ1) is 8.41. The molecular weight excluding hydrogens is 240 g/mol. The van der Waals surface area contributed by atoms with Crippen LogP contribution in [0.25, 0.3) is 0 Å². The first kappa shape index (κ1) is 14.6. The fourth-order valence-corrected chi connectivity index (χ4v) is 1.40. The molecule has 2 atom stereocenters. The largest absolute Gasteiger partial charge is 0.434 e. The molecular formula is C10H18N4O4. The van der Waals surface area contributed by atoms with Gasteiger partial charge in [0.15, 0.2) is 0 Å². The van der Waals surface area contributed by atoms with Gasteiger partial charge in [-0.25, -0.2) is 4.57 Å². The first-order valence-electron chi connectivity index (χ1n) is 5.67. The van der Waals surface area contributed by atoms with Crippen molar-refractivity contribution in [1.29, 1.82) is 0 Å². The molecule has 0 aliphatic carbocycles. The Morgan fingerprint density at radius 1 is 1.56 bits per heavy atom. The maximum atomic E-state index is 10.6.